The van der Waals surface area contributed by atoms with Crippen LogP contribution in [-0.2, 0) is 16.6 Å². The van der Waals surface area contributed by atoms with Gasteiger partial charge in [0.25, 0.3) is 10.0 Å². The van der Waals surface area contributed by atoms with Crippen LogP contribution in [0.4, 0.5) is 5.69 Å². The van der Waals surface area contributed by atoms with Crippen molar-refractivity contribution in [2.75, 3.05) is 4.72 Å². The third kappa shape index (κ3) is 3.02. The minimum atomic E-state index is -3.77. The van der Waals surface area contributed by atoms with Gasteiger partial charge in [-0.25, -0.2) is 8.42 Å². The molecule has 1 N–H and O–H groups in total. The highest BCUT2D eigenvalue weighted by Crippen LogP contribution is 2.29. The van der Waals surface area contributed by atoms with Gasteiger partial charge in [-0.2, -0.15) is 4.57 Å². The number of aromatic nitrogens is 1. The van der Waals surface area contributed by atoms with E-state index in [1.54, 1.807) is 30.5 Å². The average Bonchev–Trinajstić information content (AvgIpc) is 2.56. The summed E-state index contributed by atoms with van der Waals surface area (Å²) in [6.45, 7) is 2.60. The summed E-state index contributed by atoms with van der Waals surface area (Å²) in [5.74, 6) is 0. The highest BCUT2D eigenvalue weighted by Gasteiger charge is 2.25. The maximum absolute atomic E-state index is 12.7. The Hall–Kier alpha value is -2.11. The molecule has 0 unspecified atom stereocenters. The topological polar surface area (TPSA) is 50.0 Å². The van der Waals surface area contributed by atoms with Crippen LogP contribution in [0.2, 0.25) is 5.02 Å². The molecule has 0 atom stereocenters. The molecule has 6 heteroatoms. The Kier molecular flexibility index (Phi) is 4.24. The Morgan fingerprint density at radius 2 is 1.70 bits per heavy atom. The minimum absolute atomic E-state index is 0.0727. The van der Waals surface area contributed by atoms with E-state index < -0.39 is 10.0 Å². The van der Waals surface area contributed by atoms with Crippen molar-refractivity contribution in [1.29, 1.82) is 0 Å². The Bertz CT molecular complexity index is 957. The number of hydrogen-bond donors (Lipinski definition) is 1. The molecule has 0 aliphatic rings. The van der Waals surface area contributed by atoms with Crippen LogP contribution < -0.4 is 9.29 Å². The lowest BCUT2D eigenvalue weighted by Gasteiger charge is -2.10. The standard InChI is InChI=1S/C17H16ClN2O2S/c1-2-20-12-16(17(18)14-10-6-7-11-15(14)20)23(21,22)19-13-8-4-3-5-9-13/h3-12,19H,2H2,1H3/q+1. The second kappa shape index (κ2) is 6.18. The molecule has 2 aromatic carbocycles. The lowest BCUT2D eigenvalue weighted by molar-refractivity contribution is -0.669. The number of anilines is 1. The first kappa shape index (κ1) is 15.8. The van der Waals surface area contributed by atoms with E-state index >= 15 is 0 Å². The predicted molar refractivity (Wildman–Crippen MR) is 92.1 cm³/mol. The fourth-order valence-electron chi connectivity index (χ4n) is 2.48. The molecule has 118 valence electrons. The van der Waals surface area contributed by atoms with Crippen molar-refractivity contribution in [3.05, 3.63) is 65.8 Å². The second-order valence-corrected chi connectivity index (χ2v) is 7.11. The quantitative estimate of drug-likeness (QED) is 0.733. The molecule has 3 rings (SSSR count). The zero-order valence-corrected chi connectivity index (χ0v) is 14.1. The zero-order valence-electron chi connectivity index (χ0n) is 12.5. The van der Waals surface area contributed by atoms with Crippen LogP contribution in [0.15, 0.2) is 65.7 Å². The van der Waals surface area contributed by atoms with Crippen LogP contribution in [0.25, 0.3) is 10.9 Å². The number of nitrogens with one attached hydrogen (secondary N) is 1. The first-order valence-electron chi connectivity index (χ1n) is 7.21. The van der Waals surface area contributed by atoms with Gasteiger partial charge in [-0.05, 0) is 25.1 Å². The Balaban J connectivity index is 2.17. The van der Waals surface area contributed by atoms with Crippen LogP contribution in [0.5, 0.6) is 0 Å². The number of hydrogen-bond acceptors (Lipinski definition) is 2. The third-order valence-corrected chi connectivity index (χ3v) is 5.51. The molecular formula is C17H16ClN2O2S+. The molecule has 0 amide bonds. The Labute approximate surface area is 140 Å². The van der Waals surface area contributed by atoms with Crippen molar-refractivity contribution >= 4 is 38.2 Å². The normalized spacial score (nSPS) is 11.6. The van der Waals surface area contributed by atoms with E-state index in [0.717, 1.165) is 5.52 Å². The molecule has 1 heterocycles. The number of sulfonamides is 1. The summed E-state index contributed by atoms with van der Waals surface area (Å²) >= 11 is 6.39. The van der Waals surface area contributed by atoms with Gasteiger partial charge in [0.15, 0.2) is 11.1 Å². The van der Waals surface area contributed by atoms with Gasteiger partial charge < -0.3 is 0 Å². The zero-order chi connectivity index (χ0) is 16.4. The van der Waals surface area contributed by atoms with Gasteiger partial charge in [0.1, 0.15) is 6.54 Å². The molecule has 0 radical (unpaired) electrons. The van der Waals surface area contributed by atoms with Crippen LogP contribution in [0.1, 0.15) is 6.92 Å². The Morgan fingerprint density at radius 1 is 1.04 bits per heavy atom. The molecule has 0 aliphatic carbocycles. The molecule has 0 spiro atoms. The van der Waals surface area contributed by atoms with E-state index in [1.807, 2.05) is 41.8 Å². The number of aryl methyl sites for hydroxylation is 1. The smallest absolute Gasteiger partial charge is 0.269 e. The highest BCUT2D eigenvalue weighted by atomic mass is 35.5. The van der Waals surface area contributed by atoms with Crippen LogP contribution in [0.3, 0.4) is 0 Å². The molecule has 0 fully saturated rings. The largest absolute Gasteiger partial charge is 0.279 e. The number of rotatable bonds is 4. The van der Waals surface area contributed by atoms with Crippen molar-refractivity contribution in [3.63, 3.8) is 0 Å². The molecular weight excluding hydrogens is 332 g/mol. The monoisotopic (exact) mass is 347 g/mol. The third-order valence-electron chi connectivity index (χ3n) is 3.60. The summed E-state index contributed by atoms with van der Waals surface area (Å²) in [7, 11) is -3.77. The van der Waals surface area contributed by atoms with E-state index in [0.29, 0.717) is 17.6 Å². The molecule has 0 aliphatic heterocycles. The number of para-hydroxylation sites is 2. The molecule has 23 heavy (non-hydrogen) atoms. The maximum Gasteiger partial charge on any atom is 0.269 e. The molecule has 0 saturated heterocycles. The number of nitrogens with zero attached hydrogens (tertiary/aromatic N) is 1. The van der Waals surface area contributed by atoms with Crippen LogP contribution in [-0.4, -0.2) is 8.42 Å². The van der Waals surface area contributed by atoms with E-state index in [-0.39, 0.29) is 9.92 Å². The van der Waals surface area contributed by atoms with E-state index in [4.69, 9.17) is 11.6 Å². The van der Waals surface area contributed by atoms with Crippen LogP contribution >= 0.6 is 11.6 Å². The van der Waals surface area contributed by atoms with Crippen molar-refractivity contribution in [2.24, 2.45) is 0 Å². The average molecular weight is 348 g/mol. The molecule has 4 nitrogen and oxygen atoms in total. The predicted octanol–water partition coefficient (Wildman–Crippen LogP) is 3.60. The van der Waals surface area contributed by atoms with E-state index in [1.165, 1.54) is 0 Å². The summed E-state index contributed by atoms with van der Waals surface area (Å²) in [6, 6.07) is 16.2. The summed E-state index contributed by atoms with van der Waals surface area (Å²) in [6.07, 6.45) is 1.58. The van der Waals surface area contributed by atoms with Crippen molar-refractivity contribution in [3.8, 4) is 0 Å². The van der Waals surface area contributed by atoms with Gasteiger partial charge in [0.05, 0.1) is 10.4 Å². The number of fused-ring (bicyclic) bond motifs is 1. The summed E-state index contributed by atoms with van der Waals surface area (Å²) < 4.78 is 29.9. The summed E-state index contributed by atoms with van der Waals surface area (Å²) in [5.41, 5.74) is 1.40. The fraction of sp³-hybridized carbons (Fsp3) is 0.118. The molecule has 0 saturated carbocycles. The lowest BCUT2D eigenvalue weighted by atomic mass is 10.2. The second-order valence-electron chi connectivity index (χ2n) is 5.08. The van der Waals surface area contributed by atoms with Gasteiger partial charge in [-0.3, -0.25) is 4.72 Å². The van der Waals surface area contributed by atoms with Gasteiger partial charge in [-0.15, -0.1) is 0 Å². The minimum Gasteiger partial charge on any atom is -0.279 e. The summed E-state index contributed by atoms with van der Waals surface area (Å²) in [5, 5.41) is 0.945. The van der Waals surface area contributed by atoms with Gasteiger partial charge in [-0.1, -0.05) is 41.9 Å². The number of halogens is 1. The van der Waals surface area contributed by atoms with Crippen molar-refractivity contribution < 1.29 is 13.0 Å². The summed E-state index contributed by atoms with van der Waals surface area (Å²) in [4.78, 5) is 0.0727. The molecule has 1 aromatic heterocycles. The van der Waals surface area contributed by atoms with Crippen molar-refractivity contribution in [2.45, 2.75) is 18.4 Å². The van der Waals surface area contributed by atoms with Gasteiger partial charge in [0.2, 0.25) is 5.52 Å². The van der Waals surface area contributed by atoms with Gasteiger partial charge >= 0.3 is 0 Å². The van der Waals surface area contributed by atoms with Crippen molar-refractivity contribution in [1.82, 2.24) is 0 Å². The Morgan fingerprint density at radius 3 is 2.39 bits per heavy atom. The van der Waals surface area contributed by atoms with Crippen LogP contribution in [0, 0.1) is 0 Å². The van der Waals surface area contributed by atoms with E-state index in [2.05, 4.69) is 4.72 Å². The van der Waals surface area contributed by atoms with Gasteiger partial charge in [0, 0.05) is 11.8 Å². The first-order valence-corrected chi connectivity index (χ1v) is 9.07. The number of benzene rings is 2. The van der Waals surface area contributed by atoms with E-state index in [9.17, 15) is 8.42 Å². The molecule has 0 bridgehead atoms. The lowest BCUT2D eigenvalue weighted by Crippen LogP contribution is -2.34. The SMILES string of the molecule is CC[n+]1cc(S(=O)(=O)Nc2ccccc2)c(Cl)c2ccccc21. The fourth-order valence-corrected chi connectivity index (χ4v) is 4.16. The molecule has 3 aromatic rings. The highest BCUT2D eigenvalue weighted by molar-refractivity contribution is 7.92. The maximum atomic E-state index is 12.7. The number of pyridine rings is 1. The first-order chi connectivity index (χ1) is 11.0.